The number of hydrogen-bond donors (Lipinski definition) is 3. The van der Waals surface area contributed by atoms with Crippen LogP contribution >= 0.6 is 0 Å². The van der Waals surface area contributed by atoms with E-state index in [4.69, 9.17) is 0 Å². The fourth-order valence-electron chi connectivity index (χ4n) is 5.49. The molecule has 33 heavy (non-hydrogen) atoms. The topological polar surface area (TPSA) is 117 Å². The van der Waals surface area contributed by atoms with E-state index in [0.717, 1.165) is 0 Å². The van der Waals surface area contributed by atoms with Gasteiger partial charge in [-0.15, -0.1) is 0 Å². The number of fused-ring (bicyclic) bond motifs is 5. The zero-order valence-corrected chi connectivity index (χ0v) is 18.1. The van der Waals surface area contributed by atoms with Crippen LogP contribution in [0.15, 0.2) is 53.3 Å². The van der Waals surface area contributed by atoms with E-state index in [1.165, 1.54) is 4.57 Å². The average Bonchev–Trinajstić information content (AvgIpc) is 3.23. The van der Waals surface area contributed by atoms with Gasteiger partial charge in [0.15, 0.2) is 0 Å². The summed E-state index contributed by atoms with van der Waals surface area (Å²) in [7, 11) is 0. The Morgan fingerprint density at radius 2 is 1.76 bits per heavy atom. The summed E-state index contributed by atoms with van der Waals surface area (Å²) in [5.41, 5.74) is -0.179. The first-order valence-corrected chi connectivity index (χ1v) is 11.0. The molecule has 2 amide bonds. The lowest BCUT2D eigenvalue weighted by atomic mass is 9.85. The number of rotatable bonds is 2. The molecule has 9 heteroatoms. The molecule has 9 nitrogen and oxygen atoms in total. The van der Waals surface area contributed by atoms with E-state index in [1.807, 2.05) is 12.1 Å². The Kier molecular flexibility index (Phi) is 4.09. The molecule has 3 aliphatic heterocycles. The van der Waals surface area contributed by atoms with E-state index in [2.05, 4.69) is 15.6 Å². The van der Waals surface area contributed by atoms with Crippen LogP contribution in [0.3, 0.4) is 0 Å². The lowest BCUT2D eigenvalue weighted by molar-refractivity contribution is -0.129. The van der Waals surface area contributed by atoms with E-state index >= 15 is 0 Å². The van der Waals surface area contributed by atoms with E-state index in [1.54, 1.807) is 55.1 Å². The Morgan fingerprint density at radius 1 is 1.03 bits per heavy atom. The Labute approximate surface area is 189 Å². The monoisotopic (exact) mass is 445 g/mol. The third kappa shape index (κ3) is 2.60. The molecule has 168 valence electrons. The van der Waals surface area contributed by atoms with Crippen LogP contribution in [0, 0.1) is 0 Å². The van der Waals surface area contributed by atoms with Gasteiger partial charge in [-0.05, 0) is 32.0 Å². The number of carbonyl (C=O) groups excluding carboxylic acids is 2. The number of nitrogens with one attached hydrogen (secondary N) is 2. The molecule has 2 aromatic carbocycles. The normalized spacial score (nSPS) is 30.2. The van der Waals surface area contributed by atoms with Crippen molar-refractivity contribution in [1.82, 2.24) is 20.2 Å². The van der Waals surface area contributed by atoms with Crippen molar-refractivity contribution in [2.45, 2.75) is 50.2 Å². The average molecular weight is 445 g/mol. The Bertz CT molecular complexity index is 1400. The van der Waals surface area contributed by atoms with Gasteiger partial charge in [0.05, 0.1) is 28.7 Å². The predicted octanol–water partition coefficient (Wildman–Crippen LogP) is 1.07. The first-order chi connectivity index (χ1) is 15.8. The highest BCUT2D eigenvalue weighted by atomic mass is 16.3. The minimum Gasteiger partial charge on any atom is -0.381 e. The summed E-state index contributed by atoms with van der Waals surface area (Å²) in [4.78, 5) is 45.8. The smallest absolute Gasteiger partial charge is 0.262 e. The number of hydrogen-bond acceptors (Lipinski definition) is 6. The molecule has 1 unspecified atom stereocenters. The Balaban J connectivity index is 1.52. The van der Waals surface area contributed by atoms with Crippen molar-refractivity contribution in [1.29, 1.82) is 0 Å². The summed E-state index contributed by atoms with van der Waals surface area (Å²) in [5.74, 6) is -0.0647. The minimum absolute atomic E-state index is 0.0936. The summed E-state index contributed by atoms with van der Waals surface area (Å²) in [6, 6.07) is 12.2. The highest BCUT2D eigenvalue weighted by Gasteiger charge is 2.58. The molecular formula is C24H23N5O4. The van der Waals surface area contributed by atoms with Gasteiger partial charge in [0, 0.05) is 12.0 Å². The summed E-state index contributed by atoms with van der Waals surface area (Å²) in [6.07, 6.45) is -0.832. The number of benzene rings is 2. The lowest BCUT2D eigenvalue weighted by Gasteiger charge is -2.37. The van der Waals surface area contributed by atoms with Crippen LogP contribution in [-0.4, -0.2) is 38.7 Å². The van der Waals surface area contributed by atoms with E-state index < -0.39 is 29.9 Å². The van der Waals surface area contributed by atoms with Gasteiger partial charge in [0.25, 0.3) is 5.56 Å². The summed E-state index contributed by atoms with van der Waals surface area (Å²) in [6.45, 7) is 3.52. The molecule has 3 aromatic rings. The van der Waals surface area contributed by atoms with Crippen molar-refractivity contribution in [2.75, 3.05) is 4.90 Å². The summed E-state index contributed by atoms with van der Waals surface area (Å²) >= 11 is 0. The largest absolute Gasteiger partial charge is 0.381 e. The van der Waals surface area contributed by atoms with Crippen LogP contribution in [0.1, 0.15) is 43.7 Å². The van der Waals surface area contributed by atoms with Crippen molar-refractivity contribution >= 4 is 28.4 Å². The molecule has 1 saturated heterocycles. The van der Waals surface area contributed by atoms with Gasteiger partial charge in [-0.1, -0.05) is 30.3 Å². The van der Waals surface area contributed by atoms with E-state index in [-0.39, 0.29) is 23.8 Å². The standard InChI is InChI=1S/C24H23N5O4/c1-12-19-27-16-9-5-3-7-14(16)22(32)28(19)18(20(30)25-12)11-24(33)15-8-4-6-10-17(15)29-21(31)13(2)26-23(24)29/h3-10,12-13,18,23,26,33H,11H2,1-2H3,(H,25,30)/t12-,13+,18-,23?,24+/m1/s1. The van der Waals surface area contributed by atoms with Crippen LogP contribution in [0.4, 0.5) is 5.69 Å². The molecule has 0 saturated carbocycles. The van der Waals surface area contributed by atoms with Crippen molar-refractivity contribution in [3.63, 3.8) is 0 Å². The van der Waals surface area contributed by atoms with Crippen molar-refractivity contribution in [3.05, 3.63) is 70.3 Å². The maximum Gasteiger partial charge on any atom is 0.262 e. The lowest BCUT2D eigenvalue weighted by Crippen LogP contribution is -2.54. The molecule has 1 aromatic heterocycles. The van der Waals surface area contributed by atoms with Gasteiger partial charge >= 0.3 is 0 Å². The molecule has 1 fully saturated rings. The fraction of sp³-hybridized carbons (Fsp3) is 0.333. The molecule has 0 radical (unpaired) electrons. The third-order valence-corrected chi connectivity index (χ3v) is 7.06. The molecule has 5 atom stereocenters. The number of nitrogens with zero attached hydrogens (tertiary/aromatic N) is 3. The van der Waals surface area contributed by atoms with Crippen molar-refractivity contribution in [2.24, 2.45) is 0 Å². The fourth-order valence-corrected chi connectivity index (χ4v) is 5.49. The molecule has 0 spiro atoms. The SMILES string of the molecule is C[C@@H]1NC2N(C1=O)c1ccccc1[C@@]2(O)C[C@@H]1C(=O)N[C@H](C)c2nc3ccccc3c(=O)n21. The molecule has 3 aliphatic rings. The maximum atomic E-state index is 13.5. The first-order valence-electron chi connectivity index (χ1n) is 11.0. The Morgan fingerprint density at radius 3 is 2.58 bits per heavy atom. The van der Waals surface area contributed by atoms with Crippen molar-refractivity contribution < 1.29 is 14.7 Å². The molecule has 0 bridgehead atoms. The maximum absolute atomic E-state index is 13.5. The van der Waals surface area contributed by atoms with Gasteiger partial charge in [-0.2, -0.15) is 0 Å². The Hall–Kier alpha value is -3.56. The zero-order chi connectivity index (χ0) is 23.1. The number of anilines is 1. The number of para-hydroxylation sites is 2. The number of aromatic nitrogens is 2. The third-order valence-electron chi connectivity index (χ3n) is 7.06. The van der Waals surface area contributed by atoms with E-state index in [0.29, 0.717) is 28.0 Å². The van der Waals surface area contributed by atoms with Crippen molar-refractivity contribution in [3.8, 4) is 0 Å². The van der Waals surface area contributed by atoms with Crippen LogP contribution in [0.2, 0.25) is 0 Å². The van der Waals surface area contributed by atoms with Crippen LogP contribution < -0.4 is 21.1 Å². The predicted molar refractivity (Wildman–Crippen MR) is 120 cm³/mol. The van der Waals surface area contributed by atoms with Gasteiger partial charge in [0.2, 0.25) is 11.8 Å². The molecule has 3 N–H and O–H groups in total. The van der Waals surface area contributed by atoms with Crippen LogP contribution in [-0.2, 0) is 15.2 Å². The second-order valence-electron chi connectivity index (χ2n) is 9.05. The summed E-state index contributed by atoms with van der Waals surface area (Å²) in [5, 5.41) is 18.5. The molecule has 4 heterocycles. The first kappa shape index (κ1) is 20.1. The molecule has 0 aliphatic carbocycles. The van der Waals surface area contributed by atoms with Gasteiger partial charge in [-0.3, -0.25) is 29.2 Å². The van der Waals surface area contributed by atoms with Crippen LogP contribution in [0.5, 0.6) is 0 Å². The van der Waals surface area contributed by atoms with Gasteiger partial charge in [0.1, 0.15) is 23.6 Å². The van der Waals surface area contributed by atoms with Gasteiger partial charge < -0.3 is 10.4 Å². The zero-order valence-electron chi connectivity index (χ0n) is 18.1. The summed E-state index contributed by atoms with van der Waals surface area (Å²) < 4.78 is 1.41. The second kappa shape index (κ2) is 6.72. The number of amides is 2. The molecule has 6 rings (SSSR count). The quantitative estimate of drug-likeness (QED) is 0.543. The molecular weight excluding hydrogens is 422 g/mol. The van der Waals surface area contributed by atoms with E-state index in [9.17, 15) is 19.5 Å². The second-order valence-corrected chi connectivity index (χ2v) is 9.05. The number of carbonyl (C=O) groups is 2. The highest BCUT2D eigenvalue weighted by Crippen LogP contribution is 2.49. The minimum atomic E-state index is -1.58. The van der Waals surface area contributed by atoms with Gasteiger partial charge in [-0.25, -0.2) is 4.98 Å². The van der Waals surface area contributed by atoms with Crippen LogP contribution in [0.25, 0.3) is 10.9 Å². The highest BCUT2D eigenvalue weighted by molar-refractivity contribution is 6.02. The number of aliphatic hydroxyl groups is 1.